The summed E-state index contributed by atoms with van der Waals surface area (Å²) < 4.78 is 0. The lowest BCUT2D eigenvalue weighted by Crippen LogP contribution is -2.24. The molecule has 3 rings (SSSR count). The number of aromatic nitrogens is 1. The lowest BCUT2D eigenvalue weighted by Gasteiger charge is -2.14. The minimum atomic E-state index is 0. The van der Waals surface area contributed by atoms with Gasteiger partial charge < -0.3 is 5.32 Å². The highest BCUT2D eigenvalue weighted by Crippen LogP contribution is 2.25. The van der Waals surface area contributed by atoms with Gasteiger partial charge in [0.25, 0.3) is 0 Å². The van der Waals surface area contributed by atoms with E-state index in [-0.39, 0.29) is 12.4 Å². The van der Waals surface area contributed by atoms with Gasteiger partial charge in [0.15, 0.2) is 0 Å². The van der Waals surface area contributed by atoms with Gasteiger partial charge in [-0.25, -0.2) is 4.98 Å². The van der Waals surface area contributed by atoms with Crippen LogP contribution in [0.5, 0.6) is 0 Å². The van der Waals surface area contributed by atoms with Crippen molar-refractivity contribution < 1.29 is 0 Å². The maximum absolute atomic E-state index is 4.81. The number of benzene rings is 1. The van der Waals surface area contributed by atoms with Crippen LogP contribution < -0.4 is 5.32 Å². The van der Waals surface area contributed by atoms with Gasteiger partial charge in [-0.1, -0.05) is 29.8 Å². The first-order chi connectivity index (χ1) is 10.2. The second kappa shape index (κ2) is 8.06. The molecule has 1 saturated heterocycles. The van der Waals surface area contributed by atoms with E-state index in [1.807, 2.05) is 7.05 Å². The number of rotatable bonds is 5. The molecule has 1 atom stereocenters. The summed E-state index contributed by atoms with van der Waals surface area (Å²) >= 11 is 1.75. The Bertz CT molecular complexity index is 582. The van der Waals surface area contributed by atoms with Crippen molar-refractivity contribution in [2.24, 2.45) is 5.92 Å². The zero-order valence-electron chi connectivity index (χ0n) is 13.2. The first-order valence-electron chi connectivity index (χ1n) is 7.63. The third-order valence-corrected chi connectivity index (χ3v) is 5.04. The molecule has 1 aromatic heterocycles. The van der Waals surface area contributed by atoms with E-state index in [0.717, 1.165) is 24.0 Å². The molecule has 120 valence electrons. The number of aryl methyl sites for hydroxylation is 1. The second-order valence-electron chi connectivity index (χ2n) is 5.96. The molecule has 1 fully saturated rings. The van der Waals surface area contributed by atoms with Gasteiger partial charge in [-0.05, 0) is 39.4 Å². The summed E-state index contributed by atoms with van der Waals surface area (Å²) in [5, 5.41) is 6.63. The standard InChI is InChI=1S/C17H23N3S.ClH/c1-13-3-5-15(6-4-13)17-19-16(12-21-17)11-20-8-7-14(10-20)9-18-2;/h3-6,12,14,18H,7-11H2,1-2H3;1H. The van der Waals surface area contributed by atoms with Crippen molar-refractivity contribution >= 4 is 23.7 Å². The number of hydrogen-bond donors (Lipinski definition) is 1. The Morgan fingerprint density at radius 2 is 2.09 bits per heavy atom. The fourth-order valence-electron chi connectivity index (χ4n) is 2.95. The van der Waals surface area contributed by atoms with Crippen LogP contribution in [0.2, 0.25) is 0 Å². The van der Waals surface area contributed by atoms with Crippen molar-refractivity contribution in [3.8, 4) is 10.6 Å². The number of nitrogens with one attached hydrogen (secondary N) is 1. The second-order valence-corrected chi connectivity index (χ2v) is 6.82. The molecule has 1 aromatic carbocycles. The Hall–Kier alpha value is -0.940. The van der Waals surface area contributed by atoms with Gasteiger partial charge in [0, 0.05) is 24.0 Å². The Balaban J connectivity index is 0.00000176. The third-order valence-electron chi connectivity index (χ3n) is 4.10. The molecule has 0 spiro atoms. The fraction of sp³-hybridized carbons (Fsp3) is 0.471. The zero-order chi connectivity index (χ0) is 14.7. The van der Waals surface area contributed by atoms with Crippen LogP contribution in [0.25, 0.3) is 10.6 Å². The summed E-state index contributed by atoms with van der Waals surface area (Å²) in [6.07, 6.45) is 1.30. The molecular weight excluding hydrogens is 314 g/mol. The molecule has 3 nitrogen and oxygen atoms in total. The minimum Gasteiger partial charge on any atom is -0.319 e. The van der Waals surface area contributed by atoms with Crippen LogP contribution >= 0.6 is 23.7 Å². The number of thiazole rings is 1. The van der Waals surface area contributed by atoms with Crippen molar-refractivity contribution in [2.75, 3.05) is 26.7 Å². The van der Waals surface area contributed by atoms with E-state index in [4.69, 9.17) is 4.98 Å². The highest BCUT2D eigenvalue weighted by atomic mass is 35.5. The predicted molar refractivity (Wildman–Crippen MR) is 96.8 cm³/mol. The summed E-state index contributed by atoms with van der Waals surface area (Å²) in [6.45, 7) is 6.62. The van der Waals surface area contributed by atoms with Crippen molar-refractivity contribution in [3.63, 3.8) is 0 Å². The van der Waals surface area contributed by atoms with E-state index >= 15 is 0 Å². The summed E-state index contributed by atoms with van der Waals surface area (Å²) in [7, 11) is 2.04. The van der Waals surface area contributed by atoms with Crippen LogP contribution in [0.4, 0.5) is 0 Å². The highest BCUT2D eigenvalue weighted by Gasteiger charge is 2.22. The van der Waals surface area contributed by atoms with Crippen LogP contribution in [0.15, 0.2) is 29.6 Å². The maximum atomic E-state index is 4.81. The van der Waals surface area contributed by atoms with E-state index in [1.165, 1.54) is 36.3 Å². The molecular formula is C17H24ClN3S. The molecule has 0 aliphatic carbocycles. The monoisotopic (exact) mass is 337 g/mol. The predicted octanol–water partition coefficient (Wildman–Crippen LogP) is 3.58. The molecule has 22 heavy (non-hydrogen) atoms. The van der Waals surface area contributed by atoms with Crippen LogP contribution in [0.3, 0.4) is 0 Å². The van der Waals surface area contributed by atoms with Crippen LogP contribution in [-0.2, 0) is 6.54 Å². The zero-order valence-corrected chi connectivity index (χ0v) is 14.8. The molecule has 1 N–H and O–H groups in total. The lowest BCUT2D eigenvalue weighted by molar-refractivity contribution is 0.312. The van der Waals surface area contributed by atoms with Crippen molar-refractivity contribution in [1.29, 1.82) is 0 Å². The Morgan fingerprint density at radius 3 is 2.82 bits per heavy atom. The smallest absolute Gasteiger partial charge is 0.123 e. The number of nitrogens with zero attached hydrogens (tertiary/aromatic N) is 2. The normalized spacial score (nSPS) is 18.4. The van der Waals surface area contributed by atoms with E-state index in [2.05, 4.69) is 46.8 Å². The third kappa shape index (κ3) is 4.29. The Kier molecular flexibility index (Phi) is 6.38. The summed E-state index contributed by atoms with van der Waals surface area (Å²) in [5.41, 5.74) is 3.73. The molecule has 2 aromatic rings. The molecule has 0 saturated carbocycles. The molecule has 1 aliphatic heterocycles. The van der Waals surface area contributed by atoms with Gasteiger partial charge in [0.2, 0.25) is 0 Å². The molecule has 5 heteroatoms. The van der Waals surface area contributed by atoms with Crippen LogP contribution in [-0.4, -0.2) is 36.6 Å². The summed E-state index contributed by atoms with van der Waals surface area (Å²) in [6, 6.07) is 8.63. The van der Waals surface area contributed by atoms with Crippen molar-refractivity contribution in [1.82, 2.24) is 15.2 Å². The maximum Gasteiger partial charge on any atom is 0.123 e. The minimum absolute atomic E-state index is 0. The van der Waals surface area contributed by atoms with Crippen LogP contribution in [0, 0.1) is 12.8 Å². The topological polar surface area (TPSA) is 28.2 Å². The van der Waals surface area contributed by atoms with E-state index < -0.39 is 0 Å². The van der Waals surface area contributed by atoms with Crippen molar-refractivity contribution in [3.05, 3.63) is 40.9 Å². The Labute approximate surface area is 143 Å². The molecule has 0 bridgehead atoms. The van der Waals surface area contributed by atoms with Crippen molar-refractivity contribution in [2.45, 2.75) is 19.9 Å². The van der Waals surface area contributed by atoms with E-state index in [0.29, 0.717) is 0 Å². The van der Waals surface area contributed by atoms with Gasteiger partial charge in [-0.2, -0.15) is 0 Å². The summed E-state index contributed by atoms with van der Waals surface area (Å²) in [5.74, 6) is 0.796. The highest BCUT2D eigenvalue weighted by molar-refractivity contribution is 7.13. The largest absolute Gasteiger partial charge is 0.319 e. The fourth-order valence-corrected chi connectivity index (χ4v) is 3.77. The quantitative estimate of drug-likeness (QED) is 0.903. The van der Waals surface area contributed by atoms with Gasteiger partial charge in [-0.15, -0.1) is 23.7 Å². The SMILES string of the molecule is CNCC1CCN(Cc2csc(-c3ccc(C)cc3)n2)C1.Cl. The first kappa shape index (κ1) is 17.4. The average Bonchev–Trinajstić information content (AvgIpc) is 3.11. The lowest BCUT2D eigenvalue weighted by atomic mass is 10.1. The first-order valence-corrected chi connectivity index (χ1v) is 8.51. The average molecular weight is 338 g/mol. The van der Waals surface area contributed by atoms with E-state index in [1.54, 1.807) is 11.3 Å². The molecule has 0 radical (unpaired) electrons. The summed E-state index contributed by atoms with van der Waals surface area (Å²) in [4.78, 5) is 7.33. The Morgan fingerprint density at radius 1 is 1.32 bits per heavy atom. The van der Waals surface area contributed by atoms with Gasteiger partial charge in [0.1, 0.15) is 5.01 Å². The van der Waals surface area contributed by atoms with Gasteiger partial charge >= 0.3 is 0 Å². The molecule has 1 unspecified atom stereocenters. The molecule has 0 amide bonds. The number of hydrogen-bond acceptors (Lipinski definition) is 4. The molecule has 2 heterocycles. The van der Waals surface area contributed by atoms with Gasteiger partial charge in [0.05, 0.1) is 5.69 Å². The van der Waals surface area contributed by atoms with Gasteiger partial charge in [-0.3, -0.25) is 4.90 Å². The molecule has 1 aliphatic rings. The van der Waals surface area contributed by atoms with Crippen LogP contribution in [0.1, 0.15) is 17.7 Å². The number of likely N-dealkylation sites (tertiary alicyclic amines) is 1. The van der Waals surface area contributed by atoms with E-state index in [9.17, 15) is 0 Å². The number of halogens is 1.